The molecule has 2 heterocycles. The zero-order valence-electron chi connectivity index (χ0n) is 13.3. The van der Waals surface area contributed by atoms with Crippen molar-refractivity contribution in [2.75, 3.05) is 18.0 Å². The number of rotatable bonds is 3. The van der Waals surface area contributed by atoms with E-state index in [9.17, 15) is 19.5 Å². The van der Waals surface area contributed by atoms with Crippen molar-refractivity contribution >= 4 is 35.1 Å². The van der Waals surface area contributed by atoms with Gasteiger partial charge in [0.2, 0.25) is 11.8 Å². The third kappa shape index (κ3) is 2.98. The summed E-state index contributed by atoms with van der Waals surface area (Å²) in [5.41, 5.74) is 0.720. The molecule has 3 rings (SSSR count). The van der Waals surface area contributed by atoms with Crippen molar-refractivity contribution in [1.29, 1.82) is 0 Å². The molecule has 7 heteroatoms. The third-order valence-electron chi connectivity index (χ3n) is 4.97. The number of carboxylic acids is 1. The van der Waals surface area contributed by atoms with E-state index in [0.717, 1.165) is 5.69 Å². The van der Waals surface area contributed by atoms with E-state index in [2.05, 4.69) is 0 Å². The molecule has 0 radical (unpaired) electrons. The number of carbonyl (C=O) groups is 3. The second-order valence-electron chi connectivity index (χ2n) is 6.39. The number of hydrogen-bond acceptors (Lipinski definition) is 3. The van der Waals surface area contributed by atoms with Crippen molar-refractivity contribution in [3.05, 3.63) is 29.3 Å². The highest BCUT2D eigenvalue weighted by Gasteiger charge is 2.43. The number of benzene rings is 1. The van der Waals surface area contributed by atoms with Crippen LogP contribution in [0.2, 0.25) is 5.02 Å². The van der Waals surface area contributed by atoms with E-state index in [4.69, 9.17) is 11.6 Å². The standard InChI is InChI=1S/C17H19ClN2O4/c1-10-14(17(23)24)6-7-19(10)16(22)11-8-15(21)20(9-11)13-4-2-12(18)3-5-13/h2-5,10-11,14H,6-9H2,1H3,(H,23,24). The molecule has 24 heavy (non-hydrogen) atoms. The molecular weight excluding hydrogens is 332 g/mol. The summed E-state index contributed by atoms with van der Waals surface area (Å²) in [5.74, 6) is -2.06. The summed E-state index contributed by atoms with van der Waals surface area (Å²) in [7, 11) is 0. The number of likely N-dealkylation sites (tertiary alicyclic amines) is 1. The van der Waals surface area contributed by atoms with Gasteiger partial charge in [0.1, 0.15) is 0 Å². The van der Waals surface area contributed by atoms with E-state index in [1.54, 1.807) is 41.0 Å². The Morgan fingerprint density at radius 1 is 1.25 bits per heavy atom. The quantitative estimate of drug-likeness (QED) is 0.904. The van der Waals surface area contributed by atoms with Crippen molar-refractivity contribution in [2.24, 2.45) is 11.8 Å². The fraction of sp³-hybridized carbons (Fsp3) is 0.471. The van der Waals surface area contributed by atoms with Crippen LogP contribution in [0.25, 0.3) is 0 Å². The van der Waals surface area contributed by atoms with Crippen molar-refractivity contribution in [2.45, 2.75) is 25.8 Å². The molecule has 0 aromatic heterocycles. The molecule has 2 fully saturated rings. The Morgan fingerprint density at radius 3 is 2.50 bits per heavy atom. The molecule has 0 bridgehead atoms. The molecule has 0 aliphatic carbocycles. The van der Waals surface area contributed by atoms with Gasteiger partial charge in [-0.1, -0.05) is 11.6 Å². The number of carboxylic acid groups (broad SMARTS) is 1. The van der Waals surface area contributed by atoms with Gasteiger partial charge in [-0.3, -0.25) is 14.4 Å². The van der Waals surface area contributed by atoms with E-state index >= 15 is 0 Å². The maximum absolute atomic E-state index is 12.7. The SMILES string of the molecule is CC1C(C(=O)O)CCN1C(=O)C1CC(=O)N(c2ccc(Cl)cc2)C1. The van der Waals surface area contributed by atoms with Gasteiger partial charge in [-0.2, -0.15) is 0 Å². The Labute approximate surface area is 145 Å². The highest BCUT2D eigenvalue weighted by atomic mass is 35.5. The fourth-order valence-electron chi connectivity index (χ4n) is 3.56. The fourth-order valence-corrected chi connectivity index (χ4v) is 3.68. The lowest BCUT2D eigenvalue weighted by Crippen LogP contribution is -2.41. The molecular formula is C17H19ClN2O4. The zero-order valence-corrected chi connectivity index (χ0v) is 14.1. The number of carbonyl (C=O) groups excluding carboxylic acids is 2. The summed E-state index contributed by atoms with van der Waals surface area (Å²) in [6.45, 7) is 2.51. The smallest absolute Gasteiger partial charge is 0.308 e. The van der Waals surface area contributed by atoms with Crippen LogP contribution >= 0.6 is 11.6 Å². The van der Waals surface area contributed by atoms with Gasteiger partial charge in [0.15, 0.2) is 0 Å². The van der Waals surface area contributed by atoms with Crippen LogP contribution in [0.5, 0.6) is 0 Å². The Balaban J connectivity index is 1.70. The van der Waals surface area contributed by atoms with E-state index in [1.165, 1.54) is 0 Å². The molecule has 6 nitrogen and oxygen atoms in total. The minimum Gasteiger partial charge on any atom is -0.481 e. The van der Waals surface area contributed by atoms with Crippen LogP contribution in [0.4, 0.5) is 5.69 Å². The molecule has 128 valence electrons. The molecule has 1 aromatic rings. The second-order valence-corrected chi connectivity index (χ2v) is 6.82. The van der Waals surface area contributed by atoms with Gasteiger partial charge in [0.05, 0.1) is 11.8 Å². The lowest BCUT2D eigenvalue weighted by atomic mass is 10.0. The normalized spacial score (nSPS) is 26.9. The van der Waals surface area contributed by atoms with Gasteiger partial charge < -0.3 is 14.9 Å². The van der Waals surface area contributed by atoms with E-state index in [1.807, 2.05) is 0 Å². The summed E-state index contributed by atoms with van der Waals surface area (Å²) in [5, 5.41) is 9.78. The molecule has 0 spiro atoms. The molecule has 2 aliphatic heterocycles. The number of anilines is 1. The highest BCUT2D eigenvalue weighted by Crippen LogP contribution is 2.31. The first-order valence-electron chi connectivity index (χ1n) is 7.97. The summed E-state index contributed by atoms with van der Waals surface area (Å²) in [4.78, 5) is 39.4. The molecule has 1 aromatic carbocycles. The van der Waals surface area contributed by atoms with Gasteiger partial charge in [0, 0.05) is 36.3 Å². The van der Waals surface area contributed by atoms with Gasteiger partial charge in [-0.05, 0) is 37.6 Å². The number of nitrogens with zero attached hydrogens (tertiary/aromatic N) is 2. The first-order chi connectivity index (χ1) is 11.4. The molecule has 3 unspecified atom stereocenters. The van der Waals surface area contributed by atoms with Crippen LogP contribution in [-0.4, -0.2) is 46.9 Å². The predicted molar refractivity (Wildman–Crippen MR) is 88.8 cm³/mol. The van der Waals surface area contributed by atoms with Crippen molar-refractivity contribution in [3.8, 4) is 0 Å². The molecule has 3 atom stereocenters. The van der Waals surface area contributed by atoms with Gasteiger partial charge in [-0.25, -0.2) is 0 Å². The number of hydrogen-bond donors (Lipinski definition) is 1. The Kier molecular flexibility index (Phi) is 4.49. The topological polar surface area (TPSA) is 77.9 Å². The monoisotopic (exact) mass is 350 g/mol. The molecule has 2 saturated heterocycles. The summed E-state index contributed by atoms with van der Waals surface area (Å²) < 4.78 is 0. The van der Waals surface area contributed by atoms with Crippen LogP contribution in [0, 0.1) is 11.8 Å². The average molecular weight is 351 g/mol. The lowest BCUT2D eigenvalue weighted by molar-refractivity contribution is -0.143. The van der Waals surface area contributed by atoms with Gasteiger partial charge in [0.25, 0.3) is 0 Å². The van der Waals surface area contributed by atoms with Crippen molar-refractivity contribution in [1.82, 2.24) is 4.90 Å². The number of halogens is 1. The van der Waals surface area contributed by atoms with Crippen LogP contribution in [0.1, 0.15) is 19.8 Å². The maximum Gasteiger partial charge on any atom is 0.308 e. The van der Waals surface area contributed by atoms with E-state index < -0.39 is 17.8 Å². The first kappa shape index (κ1) is 16.8. The molecule has 0 saturated carbocycles. The highest BCUT2D eigenvalue weighted by molar-refractivity contribution is 6.30. The Bertz CT molecular complexity index is 676. The lowest BCUT2D eigenvalue weighted by Gasteiger charge is -2.26. The number of aliphatic carboxylic acids is 1. The number of amides is 2. The maximum atomic E-state index is 12.7. The predicted octanol–water partition coefficient (Wildman–Crippen LogP) is 2.01. The van der Waals surface area contributed by atoms with Gasteiger partial charge >= 0.3 is 5.97 Å². The van der Waals surface area contributed by atoms with Crippen molar-refractivity contribution in [3.63, 3.8) is 0 Å². The summed E-state index contributed by atoms with van der Waals surface area (Å²) in [6.07, 6.45) is 0.617. The summed E-state index contributed by atoms with van der Waals surface area (Å²) in [6, 6.07) is 6.59. The van der Waals surface area contributed by atoms with Gasteiger partial charge in [-0.15, -0.1) is 0 Å². The minimum absolute atomic E-state index is 0.0997. The molecule has 1 N–H and O–H groups in total. The average Bonchev–Trinajstić information content (AvgIpc) is 3.11. The van der Waals surface area contributed by atoms with Crippen molar-refractivity contribution < 1.29 is 19.5 Å². The zero-order chi connectivity index (χ0) is 17.4. The summed E-state index contributed by atoms with van der Waals surface area (Å²) >= 11 is 5.86. The second kappa shape index (κ2) is 6.43. The van der Waals surface area contributed by atoms with E-state index in [-0.39, 0.29) is 24.3 Å². The van der Waals surface area contributed by atoms with E-state index in [0.29, 0.717) is 24.5 Å². The Morgan fingerprint density at radius 2 is 1.92 bits per heavy atom. The van der Waals surface area contributed by atoms with Crippen LogP contribution in [-0.2, 0) is 14.4 Å². The minimum atomic E-state index is -0.872. The third-order valence-corrected chi connectivity index (χ3v) is 5.22. The largest absolute Gasteiger partial charge is 0.481 e. The Hall–Kier alpha value is -2.08. The molecule has 2 aliphatic rings. The molecule has 2 amide bonds. The van der Waals surface area contributed by atoms with Crippen LogP contribution in [0.3, 0.4) is 0 Å². The van der Waals surface area contributed by atoms with Crippen LogP contribution in [0.15, 0.2) is 24.3 Å². The van der Waals surface area contributed by atoms with Crippen LogP contribution < -0.4 is 4.90 Å². The first-order valence-corrected chi connectivity index (χ1v) is 8.35.